The van der Waals surface area contributed by atoms with E-state index < -0.39 is 11.9 Å². The molecule has 0 fully saturated rings. The lowest BCUT2D eigenvalue weighted by Crippen LogP contribution is -2.09. The fourth-order valence-corrected chi connectivity index (χ4v) is 2.35. The van der Waals surface area contributed by atoms with Crippen LogP contribution < -0.4 is 0 Å². The van der Waals surface area contributed by atoms with Crippen LogP contribution in [0.5, 0.6) is 0 Å². The fourth-order valence-electron chi connectivity index (χ4n) is 2.35. The second kappa shape index (κ2) is 5.88. The predicted octanol–water partition coefficient (Wildman–Crippen LogP) is 5.74. The van der Waals surface area contributed by atoms with Crippen molar-refractivity contribution in [1.29, 1.82) is 0 Å². The van der Waals surface area contributed by atoms with Crippen LogP contribution >= 0.6 is 0 Å². The second-order valence-corrected chi connectivity index (χ2v) is 5.36. The molecule has 1 heterocycles. The summed E-state index contributed by atoms with van der Waals surface area (Å²) in [5.41, 5.74) is 2.39. The predicted molar refractivity (Wildman–Crippen MR) is 84.8 cm³/mol. The van der Waals surface area contributed by atoms with Crippen molar-refractivity contribution in [2.75, 3.05) is 0 Å². The first-order valence-corrected chi connectivity index (χ1v) is 7.15. The summed E-state index contributed by atoms with van der Waals surface area (Å²) in [6.07, 6.45) is -4.48. The zero-order chi connectivity index (χ0) is 16.4. The molecule has 1 nitrogen and oxygen atoms in total. The van der Waals surface area contributed by atoms with Gasteiger partial charge in [-0.3, -0.25) is 0 Å². The summed E-state index contributed by atoms with van der Waals surface area (Å²) in [6, 6.07) is 19.1. The average Bonchev–Trinajstić information content (AvgIpc) is 2.55. The molecular weight excluding hydrogens is 299 g/mol. The average molecular weight is 313 g/mol. The van der Waals surface area contributed by atoms with E-state index in [0.29, 0.717) is 16.8 Å². The highest BCUT2D eigenvalue weighted by atomic mass is 19.4. The molecule has 3 aromatic rings. The molecule has 23 heavy (non-hydrogen) atoms. The van der Waals surface area contributed by atoms with Crippen LogP contribution in [0.3, 0.4) is 0 Å². The Kier molecular flexibility index (Phi) is 3.90. The molecule has 4 heteroatoms. The Hall–Kier alpha value is -2.62. The summed E-state index contributed by atoms with van der Waals surface area (Å²) < 4.78 is 39.5. The van der Waals surface area contributed by atoms with Crippen molar-refractivity contribution in [1.82, 2.24) is 4.98 Å². The van der Waals surface area contributed by atoms with E-state index in [1.165, 1.54) is 0 Å². The topological polar surface area (TPSA) is 12.9 Å². The van der Waals surface area contributed by atoms with Crippen LogP contribution in [0.1, 0.15) is 11.3 Å². The molecule has 0 radical (unpaired) electrons. The summed E-state index contributed by atoms with van der Waals surface area (Å²) in [6.45, 7) is 1.94. The van der Waals surface area contributed by atoms with E-state index in [2.05, 4.69) is 4.98 Å². The van der Waals surface area contributed by atoms with Crippen molar-refractivity contribution in [3.63, 3.8) is 0 Å². The van der Waals surface area contributed by atoms with Crippen molar-refractivity contribution in [3.8, 4) is 22.4 Å². The van der Waals surface area contributed by atoms with Gasteiger partial charge >= 0.3 is 6.18 Å². The van der Waals surface area contributed by atoms with Gasteiger partial charge in [0.2, 0.25) is 0 Å². The van der Waals surface area contributed by atoms with Crippen molar-refractivity contribution < 1.29 is 13.2 Å². The third-order valence-electron chi connectivity index (χ3n) is 3.57. The van der Waals surface area contributed by atoms with Gasteiger partial charge in [-0.05, 0) is 30.2 Å². The van der Waals surface area contributed by atoms with E-state index in [0.717, 1.165) is 17.2 Å². The zero-order valence-electron chi connectivity index (χ0n) is 12.4. The third-order valence-corrected chi connectivity index (χ3v) is 3.57. The molecule has 1 aromatic heterocycles. The molecule has 0 aliphatic heterocycles. The van der Waals surface area contributed by atoms with Crippen molar-refractivity contribution in [3.05, 3.63) is 78.0 Å². The molecule has 0 aliphatic carbocycles. The van der Waals surface area contributed by atoms with Gasteiger partial charge < -0.3 is 0 Å². The molecule has 0 spiro atoms. The van der Waals surface area contributed by atoms with Crippen molar-refractivity contribution in [2.45, 2.75) is 13.1 Å². The van der Waals surface area contributed by atoms with Crippen LogP contribution in [0.15, 0.2) is 66.7 Å². The molecule has 0 amide bonds. The second-order valence-electron chi connectivity index (χ2n) is 5.36. The van der Waals surface area contributed by atoms with E-state index >= 15 is 0 Å². The van der Waals surface area contributed by atoms with Crippen LogP contribution in [0.25, 0.3) is 22.4 Å². The first-order chi connectivity index (χ1) is 10.9. The lowest BCUT2D eigenvalue weighted by molar-refractivity contribution is -0.141. The largest absolute Gasteiger partial charge is 0.433 e. The molecule has 0 atom stereocenters. The van der Waals surface area contributed by atoms with Gasteiger partial charge in [0.25, 0.3) is 0 Å². The normalized spacial score (nSPS) is 11.5. The SMILES string of the molecule is Cc1ccc(-c2cc(-c3ccccc3)nc(C(F)(F)F)c2)cc1. The minimum atomic E-state index is -4.48. The Morgan fingerprint density at radius 2 is 1.39 bits per heavy atom. The van der Waals surface area contributed by atoms with E-state index in [-0.39, 0.29) is 0 Å². The molecule has 0 bridgehead atoms. The molecule has 116 valence electrons. The monoisotopic (exact) mass is 313 g/mol. The Labute approximate surface area is 132 Å². The number of pyridine rings is 1. The van der Waals surface area contributed by atoms with E-state index in [1.807, 2.05) is 37.3 Å². The van der Waals surface area contributed by atoms with Gasteiger partial charge in [-0.1, -0.05) is 60.2 Å². The van der Waals surface area contributed by atoms with Crippen LogP contribution in [0.4, 0.5) is 13.2 Å². The van der Waals surface area contributed by atoms with Gasteiger partial charge in [-0.2, -0.15) is 13.2 Å². The van der Waals surface area contributed by atoms with Gasteiger partial charge in [-0.15, -0.1) is 0 Å². The number of nitrogens with zero attached hydrogens (tertiary/aromatic N) is 1. The Balaban J connectivity index is 2.18. The van der Waals surface area contributed by atoms with Crippen LogP contribution in [-0.4, -0.2) is 4.98 Å². The number of alkyl halides is 3. The fraction of sp³-hybridized carbons (Fsp3) is 0.105. The Bertz CT molecular complexity index is 806. The molecule has 0 saturated carbocycles. The number of halogens is 3. The van der Waals surface area contributed by atoms with Gasteiger partial charge in [-0.25, -0.2) is 4.98 Å². The maximum Gasteiger partial charge on any atom is 0.433 e. The van der Waals surface area contributed by atoms with Crippen LogP contribution in [0, 0.1) is 6.92 Å². The highest BCUT2D eigenvalue weighted by Crippen LogP contribution is 2.33. The smallest absolute Gasteiger partial charge is 0.243 e. The van der Waals surface area contributed by atoms with E-state index in [4.69, 9.17) is 0 Å². The quantitative estimate of drug-likeness (QED) is 0.587. The van der Waals surface area contributed by atoms with E-state index in [1.54, 1.807) is 30.3 Å². The van der Waals surface area contributed by atoms with Crippen LogP contribution in [0.2, 0.25) is 0 Å². The summed E-state index contributed by atoms with van der Waals surface area (Å²) >= 11 is 0. The van der Waals surface area contributed by atoms with Crippen molar-refractivity contribution >= 4 is 0 Å². The highest BCUT2D eigenvalue weighted by molar-refractivity contribution is 5.71. The first-order valence-electron chi connectivity index (χ1n) is 7.15. The zero-order valence-corrected chi connectivity index (χ0v) is 12.4. The summed E-state index contributed by atoms with van der Waals surface area (Å²) in [7, 11) is 0. The lowest BCUT2D eigenvalue weighted by Gasteiger charge is -2.12. The first kappa shape index (κ1) is 15.3. The maximum atomic E-state index is 13.2. The van der Waals surface area contributed by atoms with Crippen LogP contribution in [-0.2, 0) is 6.18 Å². The number of aromatic nitrogens is 1. The summed E-state index contributed by atoms with van der Waals surface area (Å²) in [4.78, 5) is 3.79. The van der Waals surface area contributed by atoms with Gasteiger partial charge in [0.1, 0.15) is 5.69 Å². The molecule has 0 N–H and O–H groups in total. The van der Waals surface area contributed by atoms with Crippen molar-refractivity contribution in [2.24, 2.45) is 0 Å². The number of hydrogen-bond donors (Lipinski definition) is 0. The Morgan fingerprint density at radius 1 is 0.739 bits per heavy atom. The third kappa shape index (κ3) is 3.42. The van der Waals surface area contributed by atoms with E-state index in [9.17, 15) is 13.2 Å². The molecular formula is C19H14F3N. The molecule has 0 unspecified atom stereocenters. The minimum absolute atomic E-state index is 0.316. The summed E-state index contributed by atoms with van der Waals surface area (Å²) in [5.74, 6) is 0. The number of aryl methyl sites for hydroxylation is 1. The molecule has 2 aromatic carbocycles. The standard InChI is InChI=1S/C19H14F3N/c1-13-7-9-14(10-8-13)16-11-17(15-5-3-2-4-6-15)23-18(12-16)19(20,21)22/h2-12H,1H3. The maximum absolute atomic E-state index is 13.2. The molecule has 0 aliphatic rings. The highest BCUT2D eigenvalue weighted by Gasteiger charge is 2.33. The minimum Gasteiger partial charge on any atom is -0.243 e. The summed E-state index contributed by atoms with van der Waals surface area (Å²) in [5, 5.41) is 0. The number of benzene rings is 2. The van der Waals surface area contributed by atoms with Gasteiger partial charge in [0.05, 0.1) is 5.69 Å². The molecule has 3 rings (SSSR count). The van der Waals surface area contributed by atoms with Gasteiger partial charge in [0, 0.05) is 5.56 Å². The lowest BCUT2D eigenvalue weighted by atomic mass is 10.0. The number of hydrogen-bond acceptors (Lipinski definition) is 1. The Morgan fingerprint density at radius 3 is 2.00 bits per heavy atom. The molecule has 0 saturated heterocycles. The number of rotatable bonds is 2. The van der Waals surface area contributed by atoms with Gasteiger partial charge in [0.15, 0.2) is 0 Å².